The molecule has 0 aliphatic carbocycles. The van der Waals surface area contributed by atoms with E-state index in [0.29, 0.717) is 15.7 Å². The highest BCUT2D eigenvalue weighted by molar-refractivity contribution is 6.42. The van der Waals surface area contributed by atoms with Crippen LogP contribution < -0.4 is 0 Å². The van der Waals surface area contributed by atoms with Crippen LogP contribution in [-0.2, 0) is 11.2 Å². The van der Waals surface area contributed by atoms with Gasteiger partial charge in [0.15, 0.2) is 5.78 Å². The van der Waals surface area contributed by atoms with Gasteiger partial charge < -0.3 is 0 Å². The van der Waals surface area contributed by atoms with Gasteiger partial charge in [0.1, 0.15) is 0 Å². The van der Waals surface area contributed by atoms with E-state index in [9.17, 15) is 4.79 Å². The lowest BCUT2D eigenvalue weighted by Crippen LogP contribution is -2.05. The van der Waals surface area contributed by atoms with Gasteiger partial charge in [0.2, 0.25) is 0 Å². The van der Waals surface area contributed by atoms with Crippen LogP contribution in [0.3, 0.4) is 0 Å². The van der Waals surface area contributed by atoms with Crippen molar-refractivity contribution in [3.05, 3.63) is 46.2 Å². The molecule has 0 aliphatic rings. The lowest BCUT2D eigenvalue weighted by atomic mass is 10.2. The number of halogens is 3. The Labute approximate surface area is 119 Å². The van der Waals surface area contributed by atoms with Gasteiger partial charge in [0.25, 0.3) is 0 Å². The normalized spacial score (nSPS) is 10.6. The second kappa shape index (κ2) is 5.74. The molecule has 2 rings (SSSR count). The number of aromatic nitrogens is 2. The topological polar surface area (TPSA) is 34.9 Å². The summed E-state index contributed by atoms with van der Waals surface area (Å²) in [5.41, 5.74) is 1.46. The first-order valence-corrected chi connectivity index (χ1v) is 6.47. The average Bonchev–Trinajstić information content (AvgIpc) is 2.81. The fourth-order valence-electron chi connectivity index (χ4n) is 1.48. The molecule has 0 radical (unpaired) electrons. The van der Waals surface area contributed by atoms with Gasteiger partial charge in [-0.1, -0.05) is 23.2 Å². The zero-order valence-corrected chi connectivity index (χ0v) is 11.5. The quantitative estimate of drug-likeness (QED) is 0.810. The lowest BCUT2D eigenvalue weighted by molar-refractivity contribution is -0.116. The Kier molecular flexibility index (Phi) is 4.27. The molecule has 0 saturated carbocycles. The molecule has 0 atom stereocenters. The minimum Gasteiger partial charge on any atom is -0.298 e. The molecule has 0 bridgehead atoms. The first kappa shape index (κ1) is 13.4. The number of nitrogens with zero attached hydrogens (tertiary/aromatic N) is 2. The predicted molar refractivity (Wildman–Crippen MR) is 73.0 cm³/mol. The molecule has 3 nitrogen and oxygen atoms in total. The smallest absolute Gasteiger partial charge is 0.153 e. The molecule has 0 saturated heterocycles. The first-order chi connectivity index (χ1) is 8.60. The van der Waals surface area contributed by atoms with E-state index in [1.54, 1.807) is 35.1 Å². The first-order valence-electron chi connectivity index (χ1n) is 5.18. The summed E-state index contributed by atoms with van der Waals surface area (Å²) in [4.78, 5) is 11.2. The minimum absolute atomic E-state index is 0.000364. The highest BCUT2D eigenvalue weighted by atomic mass is 35.5. The molecule has 0 N–H and O–H groups in total. The summed E-state index contributed by atoms with van der Waals surface area (Å²) in [6.45, 7) is 0. The van der Waals surface area contributed by atoms with Crippen molar-refractivity contribution in [3.63, 3.8) is 0 Å². The van der Waals surface area contributed by atoms with Crippen LogP contribution in [0.4, 0.5) is 0 Å². The number of carbonyl (C=O) groups is 1. The summed E-state index contributed by atoms with van der Waals surface area (Å²) in [6.07, 6.45) is 1.99. The monoisotopic (exact) mass is 302 g/mol. The Balaban J connectivity index is 2.23. The van der Waals surface area contributed by atoms with E-state index < -0.39 is 0 Å². The van der Waals surface area contributed by atoms with E-state index in [1.165, 1.54) is 0 Å². The van der Waals surface area contributed by atoms with Crippen LogP contribution in [0, 0.1) is 0 Å². The maximum atomic E-state index is 11.2. The van der Waals surface area contributed by atoms with Crippen molar-refractivity contribution in [2.24, 2.45) is 0 Å². The summed E-state index contributed by atoms with van der Waals surface area (Å²) in [5.74, 6) is -0.0596. The molecular weight excluding hydrogens is 295 g/mol. The van der Waals surface area contributed by atoms with Crippen molar-refractivity contribution < 1.29 is 4.79 Å². The van der Waals surface area contributed by atoms with Crippen molar-refractivity contribution in [1.82, 2.24) is 9.78 Å². The van der Waals surface area contributed by atoms with Crippen molar-refractivity contribution in [1.29, 1.82) is 0 Å². The average molecular weight is 304 g/mol. The largest absolute Gasteiger partial charge is 0.298 e. The van der Waals surface area contributed by atoms with Gasteiger partial charge in [0, 0.05) is 6.20 Å². The zero-order chi connectivity index (χ0) is 13.1. The Morgan fingerprint density at radius 1 is 1.22 bits per heavy atom. The fraction of sp³-hybridized carbons (Fsp3) is 0.167. The van der Waals surface area contributed by atoms with Gasteiger partial charge in [-0.25, -0.2) is 4.68 Å². The molecular formula is C12H9Cl3N2O. The van der Waals surface area contributed by atoms with Gasteiger partial charge in [0.05, 0.1) is 33.7 Å². The molecule has 0 fully saturated rings. The van der Waals surface area contributed by atoms with Crippen molar-refractivity contribution in [3.8, 4) is 5.69 Å². The summed E-state index contributed by atoms with van der Waals surface area (Å²) in [6, 6.07) is 6.98. The summed E-state index contributed by atoms with van der Waals surface area (Å²) in [5, 5.41) is 5.23. The number of alkyl halides is 1. The third-order valence-corrected chi connectivity index (χ3v) is 3.38. The fourth-order valence-corrected chi connectivity index (χ4v) is 1.86. The van der Waals surface area contributed by atoms with E-state index in [4.69, 9.17) is 34.8 Å². The number of rotatable bonds is 4. The van der Waals surface area contributed by atoms with Gasteiger partial charge in [-0.3, -0.25) is 4.79 Å². The molecule has 6 heteroatoms. The van der Waals surface area contributed by atoms with Gasteiger partial charge in [-0.15, -0.1) is 11.6 Å². The highest BCUT2D eigenvalue weighted by Gasteiger charge is 2.07. The second-order valence-corrected chi connectivity index (χ2v) is 4.78. The molecule has 18 heavy (non-hydrogen) atoms. The molecule has 1 aromatic heterocycles. The van der Waals surface area contributed by atoms with E-state index in [0.717, 1.165) is 5.69 Å². The molecule has 2 aromatic rings. The van der Waals surface area contributed by atoms with Crippen LogP contribution in [0.2, 0.25) is 10.0 Å². The van der Waals surface area contributed by atoms with Crippen LogP contribution >= 0.6 is 34.8 Å². The van der Waals surface area contributed by atoms with Crippen LogP contribution in [0.15, 0.2) is 30.5 Å². The molecule has 0 amide bonds. The highest BCUT2D eigenvalue weighted by Crippen LogP contribution is 2.24. The lowest BCUT2D eigenvalue weighted by Gasteiger charge is -2.02. The summed E-state index contributed by atoms with van der Waals surface area (Å²) >= 11 is 17.2. The maximum absolute atomic E-state index is 11.2. The van der Waals surface area contributed by atoms with E-state index in [2.05, 4.69) is 5.10 Å². The molecule has 0 unspecified atom stereocenters. The maximum Gasteiger partial charge on any atom is 0.153 e. The molecule has 0 aliphatic heterocycles. The third-order valence-electron chi connectivity index (χ3n) is 2.34. The summed E-state index contributed by atoms with van der Waals surface area (Å²) in [7, 11) is 0. The Bertz CT molecular complexity index is 580. The SMILES string of the molecule is O=C(CCl)Cc1ccn(-c2ccc(Cl)c(Cl)c2)n1. The van der Waals surface area contributed by atoms with Gasteiger partial charge in [-0.05, 0) is 24.3 Å². The molecule has 1 heterocycles. The molecule has 1 aromatic carbocycles. The van der Waals surface area contributed by atoms with Gasteiger partial charge >= 0.3 is 0 Å². The third kappa shape index (κ3) is 3.05. The number of benzene rings is 1. The molecule has 94 valence electrons. The van der Waals surface area contributed by atoms with Crippen molar-refractivity contribution >= 4 is 40.6 Å². The number of hydrogen-bond acceptors (Lipinski definition) is 2. The van der Waals surface area contributed by atoms with Crippen LogP contribution in [0.25, 0.3) is 5.69 Å². The molecule has 0 spiro atoms. The minimum atomic E-state index is -0.0592. The van der Waals surface area contributed by atoms with E-state index >= 15 is 0 Å². The number of carbonyl (C=O) groups excluding carboxylic acids is 1. The Morgan fingerprint density at radius 3 is 2.67 bits per heavy atom. The number of ketones is 1. The van der Waals surface area contributed by atoms with Gasteiger partial charge in [-0.2, -0.15) is 5.10 Å². The van der Waals surface area contributed by atoms with Crippen LogP contribution in [0.5, 0.6) is 0 Å². The standard InChI is InChI=1S/C12H9Cl3N2O/c13-7-10(18)5-8-3-4-17(16-8)9-1-2-11(14)12(15)6-9/h1-4,6H,5,7H2. The zero-order valence-electron chi connectivity index (χ0n) is 9.24. The summed E-state index contributed by atoms with van der Waals surface area (Å²) < 4.78 is 1.64. The van der Waals surface area contributed by atoms with Crippen LogP contribution in [-0.4, -0.2) is 21.4 Å². The second-order valence-electron chi connectivity index (χ2n) is 3.70. The van der Waals surface area contributed by atoms with Crippen LogP contribution in [0.1, 0.15) is 5.69 Å². The Hall–Kier alpha value is -1.03. The van der Waals surface area contributed by atoms with Crippen molar-refractivity contribution in [2.75, 3.05) is 5.88 Å². The van der Waals surface area contributed by atoms with E-state index in [1.807, 2.05) is 0 Å². The predicted octanol–water partition coefficient (Wildman–Crippen LogP) is 3.53. The number of Topliss-reactive ketones (excluding diaryl/α,β-unsaturated/α-hetero) is 1. The van der Waals surface area contributed by atoms with E-state index in [-0.39, 0.29) is 18.1 Å². The number of hydrogen-bond donors (Lipinski definition) is 0. The van der Waals surface area contributed by atoms with Crippen molar-refractivity contribution in [2.45, 2.75) is 6.42 Å². The Morgan fingerprint density at radius 2 is 2.00 bits per heavy atom.